The zero-order valence-electron chi connectivity index (χ0n) is 7.07. The van der Waals surface area contributed by atoms with Gasteiger partial charge in [-0.25, -0.2) is 5.10 Å². The molecule has 0 aliphatic carbocycles. The Morgan fingerprint density at radius 2 is 2.31 bits per heavy atom. The number of aromatic amines is 1. The second-order valence-electron chi connectivity index (χ2n) is 2.79. The number of rotatable bonds is 1. The summed E-state index contributed by atoms with van der Waals surface area (Å²) in [5.74, 6) is 0. The summed E-state index contributed by atoms with van der Waals surface area (Å²) in [6.07, 6.45) is 0. The number of aryl methyl sites for hydroxylation is 1. The van der Waals surface area contributed by atoms with E-state index in [1.54, 1.807) is 17.4 Å². The first-order chi connectivity index (χ1) is 6.25. The topological polar surface area (TPSA) is 45.8 Å². The fourth-order valence-corrected chi connectivity index (χ4v) is 1.92. The molecule has 0 bridgehead atoms. The molecule has 0 fully saturated rings. The first-order valence-electron chi connectivity index (χ1n) is 3.87. The second-order valence-corrected chi connectivity index (χ2v) is 3.71. The van der Waals surface area contributed by atoms with Crippen molar-refractivity contribution in [1.82, 2.24) is 10.2 Å². The van der Waals surface area contributed by atoms with E-state index in [1.807, 2.05) is 13.0 Å². The van der Waals surface area contributed by atoms with E-state index in [1.165, 1.54) is 11.6 Å². The summed E-state index contributed by atoms with van der Waals surface area (Å²) in [6.45, 7) is 2.03. The molecule has 2 aromatic heterocycles. The van der Waals surface area contributed by atoms with Gasteiger partial charge in [0.1, 0.15) is 5.69 Å². The number of thiophene rings is 1. The Labute approximate surface area is 79.1 Å². The fourth-order valence-electron chi connectivity index (χ4n) is 1.05. The average molecular weight is 192 g/mol. The van der Waals surface area contributed by atoms with Gasteiger partial charge in [-0.3, -0.25) is 4.79 Å². The SMILES string of the molecule is Cc1csc(-c2ccc(=O)[nH]n2)c1. The van der Waals surface area contributed by atoms with Crippen LogP contribution in [0.3, 0.4) is 0 Å². The highest BCUT2D eigenvalue weighted by Crippen LogP contribution is 2.23. The van der Waals surface area contributed by atoms with Crippen molar-refractivity contribution >= 4 is 11.3 Å². The molecule has 2 heterocycles. The minimum Gasteiger partial charge on any atom is -0.268 e. The van der Waals surface area contributed by atoms with E-state index in [4.69, 9.17) is 0 Å². The van der Waals surface area contributed by atoms with Crippen LogP contribution in [0.15, 0.2) is 28.4 Å². The second kappa shape index (κ2) is 3.14. The molecule has 66 valence electrons. The summed E-state index contributed by atoms with van der Waals surface area (Å²) in [5, 5.41) is 8.40. The Hall–Kier alpha value is -1.42. The number of hydrogen-bond donors (Lipinski definition) is 1. The third-order valence-corrected chi connectivity index (χ3v) is 2.73. The molecule has 0 saturated heterocycles. The third kappa shape index (κ3) is 1.67. The smallest absolute Gasteiger partial charge is 0.264 e. The predicted molar refractivity (Wildman–Crippen MR) is 52.9 cm³/mol. The molecule has 0 aliphatic rings. The van der Waals surface area contributed by atoms with Gasteiger partial charge in [0.05, 0.1) is 4.88 Å². The molecule has 2 rings (SSSR count). The van der Waals surface area contributed by atoms with Gasteiger partial charge in [0.25, 0.3) is 5.56 Å². The van der Waals surface area contributed by atoms with Gasteiger partial charge < -0.3 is 0 Å². The first kappa shape index (κ1) is 8.19. The van der Waals surface area contributed by atoms with E-state index in [2.05, 4.69) is 15.6 Å². The van der Waals surface area contributed by atoms with Crippen LogP contribution in [0, 0.1) is 6.92 Å². The molecule has 3 nitrogen and oxygen atoms in total. The van der Waals surface area contributed by atoms with Crippen molar-refractivity contribution in [2.75, 3.05) is 0 Å². The van der Waals surface area contributed by atoms with E-state index < -0.39 is 0 Å². The zero-order chi connectivity index (χ0) is 9.26. The summed E-state index contributed by atoms with van der Waals surface area (Å²) in [5.41, 5.74) is 1.86. The molecular weight excluding hydrogens is 184 g/mol. The summed E-state index contributed by atoms with van der Waals surface area (Å²) >= 11 is 1.62. The summed E-state index contributed by atoms with van der Waals surface area (Å²) in [4.78, 5) is 11.8. The fraction of sp³-hybridized carbons (Fsp3) is 0.111. The van der Waals surface area contributed by atoms with Crippen LogP contribution in [-0.2, 0) is 0 Å². The Morgan fingerprint density at radius 1 is 1.46 bits per heavy atom. The van der Waals surface area contributed by atoms with E-state index in [0.717, 1.165) is 10.6 Å². The van der Waals surface area contributed by atoms with Gasteiger partial charge in [-0.15, -0.1) is 11.3 Å². The number of nitrogens with one attached hydrogen (secondary N) is 1. The molecule has 13 heavy (non-hydrogen) atoms. The van der Waals surface area contributed by atoms with Crippen molar-refractivity contribution in [2.24, 2.45) is 0 Å². The van der Waals surface area contributed by atoms with Crippen LogP contribution in [0.4, 0.5) is 0 Å². The lowest BCUT2D eigenvalue weighted by atomic mass is 10.3. The third-order valence-electron chi connectivity index (χ3n) is 1.66. The molecule has 0 amide bonds. The van der Waals surface area contributed by atoms with E-state index in [-0.39, 0.29) is 5.56 Å². The van der Waals surface area contributed by atoms with Crippen LogP contribution in [0.5, 0.6) is 0 Å². The molecule has 4 heteroatoms. The molecule has 0 spiro atoms. The molecule has 0 unspecified atom stereocenters. The quantitative estimate of drug-likeness (QED) is 0.749. The van der Waals surface area contributed by atoms with Crippen LogP contribution in [-0.4, -0.2) is 10.2 Å². The normalized spacial score (nSPS) is 10.2. The number of nitrogens with zero attached hydrogens (tertiary/aromatic N) is 1. The largest absolute Gasteiger partial charge is 0.268 e. The van der Waals surface area contributed by atoms with E-state index >= 15 is 0 Å². The molecule has 0 radical (unpaired) electrons. The lowest BCUT2D eigenvalue weighted by Crippen LogP contribution is -2.05. The molecule has 0 saturated carbocycles. The number of H-pyrrole nitrogens is 1. The first-order valence-corrected chi connectivity index (χ1v) is 4.75. The maximum Gasteiger partial charge on any atom is 0.264 e. The molecule has 0 aromatic carbocycles. The maximum atomic E-state index is 10.7. The van der Waals surface area contributed by atoms with Gasteiger partial charge in [-0.05, 0) is 30.0 Å². The minimum absolute atomic E-state index is 0.169. The van der Waals surface area contributed by atoms with Gasteiger partial charge in [0, 0.05) is 6.07 Å². The Morgan fingerprint density at radius 3 is 2.85 bits per heavy atom. The minimum atomic E-state index is -0.169. The van der Waals surface area contributed by atoms with E-state index in [0.29, 0.717) is 0 Å². The highest BCUT2D eigenvalue weighted by Gasteiger charge is 2.00. The molecule has 0 atom stereocenters. The van der Waals surface area contributed by atoms with Crippen molar-refractivity contribution in [2.45, 2.75) is 6.92 Å². The van der Waals surface area contributed by atoms with Gasteiger partial charge >= 0.3 is 0 Å². The Balaban J connectivity index is 2.47. The Bertz CT molecular complexity index is 452. The summed E-state index contributed by atoms with van der Waals surface area (Å²) < 4.78 is 0. The highest BCUT2D eigenvalue weighted by molar-refractivity contribution is 7.13. The van der Waals surface area contributed by atoms with Gasteiger partial charge in [-0.1, -0.05) is 0 Å². The van der Waals surface area contributed by atoms with Gasteiger partial charge in [0.2, 0.25) is 0 Å². The zero-order valence-corrected chi connectivity index (χ0v) is 7.89. The molecule has 1 N–H and O–H groups in total. The predicted octanol–water partition coefficient (Wildman–Crippen LogP) is 1.81. The number of aromatic nitrogens is 2. The summed E-state index contributed by atoms with van der Waals surface area (Å²) in [7, 11) is 0. The van der Waals surface area contributed by atoms with Crippen LogP contribution < -0.4 is 5.56 Å². The monoisotopic (exact) mass is 192 g/mol. The standard InChI is InChI=1S/C9H8N2OS/c1-6-4-8(13-5-6)7-2-3-9(12)11-10-7/h2-5H,1H3,(H,11,12). The summed E-state index contributed by atoms with van der Waals surface area (Å²) in [6, 6.07) is 5.26. The lowest BCUT2D eigenvalue weighted by molar-refractivity contribution is 0.998. The van der Waals surface area contributed by atoms with E-state index in [9.17, 15) is 4.79 Å². The number of hydrogen-bond acceptors (Lipinski definition) is 3. The van der Waals surface area contributed by atoms with Crippen LogP contribution in [0.2, 0.25) is 0 Å². The van der Waals surface area contributed by atoms with Crippen LogP contribution in [0.1, 0.15) is 5.56 Å². The van der Waals surface area contributed by atoms with Crippen molar-refractivity contribution < 1.29 is 0 Å². The van der Waals surface area contributed by atoms with Gasteiger partial charge in [-0.2, -0.15) is 5.10 Å². The van der Waals surface area contributed by atoms with Gasteiger partial charge in [0.15, 0.2) is 0 Å². The Kier molecular flexibility index (Phi) is 1.98. The lowest BCUT2D eigenvalue weighted by Gasteiger charge is -1.92. The molecule has 2 aromatic rings. The van der Waals surface area contributed by atoms with Crippen molar-refractivity contribution in [1.29, 1.82) is 0 Å². The highest BCUT2D eigenvalue weighted by atomic mass is 32.1. The van der Waals surface area contributed by atoms with Crippen LogP contribution >= 0.6 is 11.3 Å². The average Bonchev–Trinajstić information content (AvgIpc) is 2.53. The van der Waals surface area contributed by atoms with Crippen molar-refractivity contribution in [3.63, 3.8) is 0 Å². The molecular formula is C9H8N2OS. The molecule has 0 aliphatic heterocycles. The van der Waals surface area contributed by atoms with Crippen molar-refractivity contribution in [3.8, 4) is 10.6 Å². The van der Waals surface area contributed by atoms with Crippen LogP contribution in [0.25, 0.3) is 10.6 Å². The maximum absolute atomic E-state index is 10.7. The van der Waals surface area contributed by atoms with Crippen molar-refractivity contribution in [3.05, 3.63) is 39.5 Å².